The minimum Gasteiger partial charge on any atom is -0.480 e. The van der Waals surface area contributed by atoms with Crippen LogP contribution in [0.2, 0.25) is 0 Å². The minimum absolute atomic E-state index is 0.00343. The SMILES string of the molecule is CCC(=O)NC(=O)N1CCN(CC(=O)O)C(=O)C1CC(=O)OC. The number of carbonyl (C=O) groups is 5. The molecule has 10 heteroatoms. The molecule has 1 unspecified atom stereocenters. The Balaban J connectivity index is 2.93. The van der Waals surface area contributed by atoms with Crippen LogP contribution in [0.5, 0.6) is 0 Å². The molecule has 1 heterocycles. The second-order valence-corrected chi connectivity index (χ2v) is 4.85. The fraction of sp³-hybridized carbons (Fsp3) is 0.615. The van der Waals surface area contributed by atoms with E-state index in [1.165, 1.54) is 0 Å². The summed E-state index contributed by atoms with van der Waals surface area (Å²) in [5, 5.41) is 10.9. The van der Waals surface area contributed by atoms with Crippen LogP contribution in [-0.4, -0.2) is 77.5 Å². The molecule has 2 N–H and O–H groups in total. The first-order valence-corrected chi connectivity index (χ1v) is 6.98. The van der Waals surface area contributed by atoms with Crippen molar-refractivity contribution in [3.8, 4) is 0 Å². The Hall–Kier alpha value is -2.65. The van der Waals surface area contributed by atoms with Crippen LogP contribution in [0.1, 0.15) is 19.8 Å². The van der Waals surface area contributed by atoms with E-state index in [1.54, 1.807) is 6.92 Å². The van der Waals surface area contributed by atoms with E-state index >= 15 is 0 Å². The van der Waals surface area contributed by atoms with Crippen LogP contribution in [0, 0.1) is 0 Å². The predicted octanol–water partition coefficient (Wildman–Crippen LogP) is -1.21. The molecule has 23 heavy (non-hydrogen) atoms. The monoisotopic (exact) mass is 329 g/mol. The number of methoxy groups -OCH3 is 1. The van der Waals surface area contributed by atoms with Gasteiger partial charge in [0.15, 0.2) is 0 Å². The van der Waals surface area contributed by atoms with E-state index in [-0.39, 0.29) is 19.5 Å². The molecule has 1 aliphatic rings. The summed E-state index contributed by atoms with van der Waals surface area (Å²) in [5.41, 5.74) is 0. The van der Waals surface area contributed by atoms with E-state index < -0.39 is 48.8 Å². The topological polar surface area (TPSA) is 133 Å². The molecule has 0 aromatic heterocycles. The Labute approximate surface area is 132 Å². The molecule has 4 amide bonds. The number of piperazine rings is 1. The molecule has 0 aromatic carbocycles. The van der Waals surface area contributed by atoms with Crippen molar-refractivity contribution in [3.05, 3.63) is 0 Å². The summed E-state index contributed by atoms with van der Waals surface area (Å²) in [6.07, 6.45) is -0.334. The number of hydrogen-bond acceptors (Lipinski definition) is 6. The lowest BCUT2D eigenvalue weighted by Gasteiger charge is -2.39. The molecule has 10 nitrogen and oxygen atoms in total. The number of nitrogens with zero attached hydrogens (tertiary/aromatic N) is 2. The number of hydrogen-bond donors (Lipinski definition) is 2. The van der Waals surface area contributed by atoms with Gasteiger partial charge in [0.25, 0.3) is 0 Å². The van der Waals surface area contributed by atoms with Gasteiger partial charge in [-0.25, -0.2) is 4.79 Å². The zero-order valence-corrected chi connectivity index (χ0v) is 12.9. The molecule has 1 atom stereocenters. The first-order chi connectivity index (χ1) is 10.8. The zero-order chi connectivity index (χ0) is 17.6. The molecule has 128 valence electrons. The average Bonchev–Trinajstić information content (AvgIpc) is 2.50. The van der Waals surface area contributed by atoms with Gasteiger partial charge in [-0.15, -0.1) is 0 Å². The molecule has 0 aliphatic carbocycles. The second-order valence-electron chi connectivity index (χ2n) is 4.85. The summed E-state index contributed by atoms with van der Waals surface area (Å²) in [5.74, 6) is -3.12. The van der Waals surface area contributed by atoms with Crippen LogP contribution in [0.25, 0.3) is 0 Å². The van der Waals surface area contributed by atoms with Gasteiger partial charge in [-0.3, -0.25) is 24.5 Å². The van der Waals surface area contributed by atoms with Gasteiger partial charge in [0.1, 0.15) is 12.6 Å². The molecule has 1 fully saturated rings. The van der Waals surface area contributed by atoms with Gasteiger partial charge in [-0.1, -0.05) is 6.92 Å². The number of carboxylic acid groups (broad SMARTS) is 1. The van der Waals surface area contributed by atoms with E-state index in [9.17, 15) is 24.0 Å². The highest BCUT2D eigenvalue weighted by Crippen LogP contribution is 2.15. The Morgan fingerprint density at radius 3 is 2.48 bits per heavy atom. The number of ether oxygens (including phenoxy) is 1. The van der Waals surface area contributed by atoms with Crippen molar-refractivity contribution in [2.24, 2.45) is 0 Å². The molecule has 0 spiro atoms. The average molecular weight is 329 g/mol. The number of carbonyl (C=O) groups excluding carboxylic acids is 4. The van der Waals surface area contributed by atoms with Crippen molar-refractivity contribution in [2.75, 3.05) is 26.7 Å². The van der Waals surface area contributed by atoms with E-state index in [0.717, 1.165) is 16.9 Å². The van der Waals surface area contributed by atoms with Gasteiger partial charge in [0.2, 0.25) is 11.8 Å². The van der Waals surface area contributed by atoms with E-state index in [4.69, 9.17) is 5.11 Å². The number of aliphatic carboxylic acids is 1. The summed E-state index contributed by atoms with van der Waals surface area (Å²) in [6, 6.07) is -2.01. The van der Waals surface area contributed by atoms with Crippen molar-refractivity contribution in [1.29, 1.82) is 0 Å². The molecule has 1 aliphatic heterocycles. The molecule has 1 saturated heterocycles. The molecule has 1 rings (SSSR count). The van der Waals surface area contributed by atoms with Gasteiger partial charge in [0, 0.05) is 19.5 Å². The van der Waals surface area contributed by atoms with Crippen LogP contribution >= 0.6 is 0 Å². The van der Waals surface area contributed by atoms with Gasteiger partial charge in [-0.05, 0) is 0 Å². The maximum atomic E-state index is 12.3. The highest BCUT2D eigenvalue weighted by atomic mass is 16.5. The molecule has 0 aromatic rings. The number of carboxylic acids is 1. The van der Waals surface area contributed by atoms with Crippen molar-refractivity contribution in [3.63, 3.8) is 0 Å². The van der Waals surface area contributed by atoms with Crippen molar-refractivity contribution in [2.45, 2.75) is 25.8 Å². The molecule has 0 saturated carbocycles. The molecular weight excluding hydrogens is 310 g/mol. The summed E-state index contributed by atoms with van der Waals surface area (Å²) >= 11 is 0. The Kier molecular flexibility index (Phi) is 6.49. The lowest BCUT2D eigenvalue weighted by Crippen LogP contribution is -2.62. The maximum Gasteiger partial charge on any atom is 0.324 e. The van der Waals surface area contributed by atoms with E-state index in [2.05, 4.69) is 10.1 Å². The minimum atomic E-state index is -1.21. The second kappa shape index (κ2) is 8.11. The Morgan fingerprint density at radius 2 is 1.96 bits per heavy atom. The summed E-state index contributed by atoms with van der Waals surface area (Å²) in [4.78, 5) is 60.1. The first-order valence-electron chi connectivity index (χ1n) is 6.98. The fourth-order valence-corrected chi connectivity index (χ4v) is 2.12. The third-order valence-corrected chi connectivity index (χ3v) is 3.33. The van der Waals surface area contributed by atoms with Crippen LogP contribution < -0.4 is 5.32 Å². The van der Waals surface area contributed by atoms with Crippen molar-refractivity contribution in [1.82, 2.24) is 15.1 Å². The maximum absolute atomic E-state index is 12.3. The number of amides is 4. The predicted molar refractivity (Wildman–Crippen MR) is 75.2 cm³/mol. The van der Waals surface area contributed by atoms with Gasteiger partial charge >= 0.3 is 18.0 Å². The van der Waals surface area contributed by atoms with Crippen LogP contribution in [0.3, 0.4) is 0 Å². The lowest BCUT2D eigenvalue weighted by atomic mass is 10.1. The highest BCUT2D eigenvalue weighted by molar-refractivity contribution is 5.98. The lowest BCUT2D eigenvalue weighted by molar-refractivity contribution is -0.152. The van der Waals surface area contributed by atoms with Crippen LogP contribution in [0.4, 0.5) is 4.79 Å². The van der Waals surface area contributed by atoms with Gasteiger partial charge in [-0.2, -0.15) is 0 Å². The van der Waals surface area contributed by atoms with E-state index in [1.807, 2.05) is 0 Å². The molecular formula is C13H19N3O7. The highest BCUT2D eigenvalue weighted by Gasteiger charge is 2.39. The summed E-state index contributed by atoms with van der Waals surface area (Å²) < 4.78 is 4.50. The third kappa shape index (κ3) is 4.94. The number of imide groups is 1. The number of nitrogens with one attached hydrogen (secondary N) is 1. The molecule has 0 bridgehead atoms. The quantitative estimate of drug-likeness (QED) is 0.605. The summed E-state index contributed by atoms with van der Waals surface area (Å²) in [6.45, 7) is 1.03. The Bertz CT molecular complexity index is 520. The fourth-order valence-electron chi connectivity index (χ4n) is 2.12. The van der Waals surface area contributed by atoms with Gasteiger partial charge < -0.3 is 19.6 Å². The first kappa shape index (κ1) is 18.4. The van der Waals surface area contributed by atoms with Crippen LogP contribution in [-0.2, 0) is 23.9 Å². The van der Waals surface area contributed by atoms with E-state index in [0.29, 0.717) is 0 Å². The van der Waals surface area contributed by atoms with Crippen molar-refractivity contribution >= 4 is 29.8 Å². The number of esters is 1. The number of urea groups is 1. The normalized spacial score (nSPS) is 17.7. The van der Waals surface area contributed by atoms with Crippen LogP contribution in [0.15, 0.2) is 0 Å². The smallest absolute Gasteiger partial charge is 0.324 e. The largest absolute Gasteiger partial charge is 0.480 e. The Morgan fingerprint density at radius 1 is 1.30 bits per heavy atom. The molecule has 0 radical (unpaired) electrons. The summed E-state index contributed by atoms with van der Waals surface area (Å²) in [7, 11) is 1.13. The third-order valence-electron chi connectivity index (χ3n) is 3.33. The van der Waals surface area contributed by atoms with Crippen molar-refractivity contribution < 1.29 is 33.8 Å². The van der Waals surface area contributed by atoms with Gasteiger partial charge in [0.05, 0.1) is 13.5 Å². The standard InChI is InChI=1S/C13H19N3O7/c1-3-9(17)14-13(22)16-5-4-15(7-10(18)19)12(21)8(16)6-11(20)23-2/h8H,3-7H2,1-2H3,(H,18,19)(H,14,17,22). The zero-order valence-electron chi connectivity index (χ0n) is 12.9. The number of rotatable bonds is 5.